The molecule has 0 bridgehead atoms. The lowest BCUT2D eigenvalue weighted by molar-refractivity contribution is 0.128. The van der Waals surface area contributed by atoms with Crippen LogP contribution in [0.15, 0.2) is 18.2 Å². The lowest BCUT2D eigenvalue weighted by atomic mass is 9.63. The van der Waals surface area contributed by atoms with E-state index in [4.69, 9.17) is 0 Å². The fraction of sp³-hybridized carbons (Fsp3) is 0.647. The summed E-state index contributed by atoms with van der Waals surface area (Å²) in [5, 5.41) is 3.46. The molecule has 0 amide bonds. The average Bonchev–Trinajstić information content (AvgIpc) is 2.38. The molecule has 2 nitrogen and oxygen atoms in total. The molecule has 2 fully saturated rings. The van der Waals surface area contributed by atoms with Crippen LogP contribution in [-0.2, 0) is 5.41 Å². The first kappa shape index (κ1) is 13.1. The van der Waals surface area contributed by atoms with Crippen molar-refractivity contribution in [2.45, 2.75) is 38.5 Å². The van der Waals surface area contributed by atoms with E-state index in [1.54, 1.807) is 5.56 Å². The van der Waals surface area contributed by atoms with Crippen LogP contribution >= 0.6 is 0 Å². The maximum Gasteiger partial charge on any atom is 0.0108 e. The highest BCUT2D eigenvalue weighted by Crippen LogP contribution is 2.45. The summed E-state index contributed by atoms with van der Waals surface area (Å²) in [4.78, 5) is 2.66. The number of piperazine rings is 1. The normalized spacial score (nSPS) is 23.1. The number of hydrogen-bond donors (Lipinski definition) is 1. The minimum absolute atomic E-state index is 0.452. The van der Waals surface area contributed by atoms with E-state index < -0.39 is 0 Å². The Morgan fingerprint density at radius 3 is 2.53 bits per heavy atom. The fourth-order valence-corrected chi connectivity index (χ4v) is 3.72. The minimum atomic E-state index is 0.452. The number of aryl methyl sites for hydroxylation is 2. The molecule has 0 atom stereocenters. The Balaban J connectivity index is 1.83. The van der Waals surface area contributed by atoms with Crippen molar-refractivity contribution in [3.63, 3.8) is 0 Å². The predicted octanol–water partition coefficient (Wildman–Crippen LogP) is 2.63. The van der Waals surface area contributed by atoms with Gasteiger partial charge in [0, 0.05) is 38.1 Å². The standard InChI is InChI=1S/C17H26N2/c1-14-4-5-15(2)16(12-14)17(6-3-7-17)13-19-10-8-18-9-11-19/h4-5,12,18H,3,6-11,13H2,1-2H3. The third kappa shape index (κ3) is 2.56. The Morgan fingerprint density at radius 2 is 1.89 bits per heavy atom. The van der Waals surface area contributed by atoms with Gasteiger partial charge in [-0.25, -0.2) is 0 Å². The zero-order valence-corrected chi connectivity index (χ0v) is 12.3. The van der Waals surface area contributed by atoms with Crippen molar-refractivity contribution in [1.29, 1.82) is 0 Å². The second-order valence-corrected chi connectivity index (χ2v) is 6.48. The van der Waals surface area contributed by atoms with Crippen LogP contribution in [0.25, 0.3) is 0 Å². The van der Waals surface area contributed by atoms with Gasteiger partial charge in [0.2, 0.25) is 0 Å². The smallest absolute Gasteiger partial charge is 0.0108 e. The second kappa shape index (κ2) is 5.26. The van der Waals surface area contributed by atoms with Crippen molar-refractivity contribution in [2.24, 2.45) is 0 Å². The average molecular weight is 258 g/mol. The van der Waals surface area contributed by atoms with Crippen molar-refractivity contribution < 1.29 is 0 Å². The van der Waals surface area contributed by atoms with Crippen LogP contribution in [0, 0.1) is 13.8 Å². The van der Waals surface area contributed by atoms with Gasteiger partial charge in [-0.05, 0) is 37.8 Å². The van der Waals surface area contributed by atoms with Crippen LogP contribution in [0.3, 0.4) is 0 Å². The molecule has 1 saturated heterocycles. The molecule has 1 aromatic rings. The third-order valence-corrected chi connectivity index (χ3v) is 5.01. The Morgan fingerprint density at radius 1 is 1.16 bits per heavy atom. The van der Waals surface area contributed by atoms with E-state index in [-0.39, 0.29) is 0 Å². The first-order valence-corrected chi connectivity index (χ1v) is 7.70. The molecule has 1 aromatic carbocycles. The second-order valence-electron chi connectivity index (χ2n) is 6.48. The molecule has 0 unspecified atom stereocenters. The summed E-state index contributed by atoms with van der Waals surface area (Å²) in [5.41, 5.74) is 4.97. The molecule has 1 aliphatic heterocycles. The summed E-state index contributed by atoms with van der Waals surface area (Å²) in [6.45, 7) is 10.5. The molecule has 1 aliphatic carbocycles. The van der Waals surface area contributed by atoms with E-state index in [9.17, 15) is 0 Å². The summed E-state index contributed by atoms with van der Waals surface area (Å²) < 4.78 is 0. The van der Waals surface area contributed by atoms with Crippen molar-refractivity contribution in [1.82, 2.24) is 10.2 Å². The number of benzene rings is 1. The Bertz CT molecular complexity index is 443. The van der Waals surface area contributed by atoms with E-state index in [1.165, 1.54) is 50.0 Å². The van der Waals surface area contributed by atoms with Gasteiger partial charge in [0.15, 0.2) is 0 Å². The molecular formula is C17H26N2. The van der Waals surface area contributed by atoms with Gasteiger partial charge in [0.1, 0.15) is 0 Å². The van der Waals surface area contributed by atoms with Gasteiger partial charge in [0.05, 0.1) is 0 Å². The third-order valence-electron chi connectivity index (χ3n) is 5.01. The number of rotatable bonds is 3. The minimum Gasteiger partial charge on any atom is -0.314 e. The quantitative estimate of drug-likeness (QED) is 0.896. The van der Waals surface area contributed by atoms with Gasteiger partial charge in [-0.1, -0.05) is 30.2 Å². The van der Waals surface area contributed by atoms with E-state index in [1.807, 2.05) is 0 Å². The monoisotopic (exact) mass is 258 g/mol. The van der Waals surface area contributed by atoms with E-state index in [0.717, 1.165) is 13.1 Å². The molecule has 0 spiro atoms. The highest BCUT2D eigenvalue weighted by atomic mass is 15.2. The first-order chi connectivity index (χ1) is 9.20. The number of nitrogens with one attached hydrogen (secondary N) is 1. The van der Waals surface area contributed by atoms with Crippen molar-refractivity contribution in [3.05, 3.63) is 34.9 Å². The van der Waals surface area contributed by atoms with Crippen molar-refractivity contribution >= 4 is 0 Å². The zero-order valence-electron chi connectivity index (χ0n) is 12.3. The molecule has 1 saturated carbocycles. The zero-order chi connectivity index (χ0) is 13.3. The van der Waals surface area contributed by atoms with Gasteiger partial charge >= 0.3 is 0 Å². The Kier molecular flexibility index (Phi) is 3.64. The van der Waals surface area contributed by atoms with Gasteiger partial charge in [0.25, 0.3) is 0 Å². The molecule has 2 aliphatic rings. The SMILES string of the molecule is Cc1ccc(C)c(C2(CN3CCNCC3)CCC2)c1. The summed E-state index contributed by atoms with van der Waals surface area (Å²) in [5.74, 6) is 0. The Labute approximate surface area is 117 Å². The lowest BCUT2D eigenvalue weighted by Crippen LogP contribution is -2.52. The molecule has 2 heteroatoms. The van der Waals surface area contributed by atoms with Crippen LogP contribution in [0.4, 0.5) is 0 Å². The van der Waals surface area contributed by atoms with E-state index in [0.29, 0.717) is 5.41 Å². The summed E-state index contributed by atoms with van der Waals surface area (Å²) in [6.07, 6.45) is 4.15. The van der Waals surface area contributed by atoms with Gasteiger partial charge in [-0.15, -0.1) is 0 Å². The van der Waals surface area contributed by atoms with Gasteiger partial charge in [-0.2, -0.15) is 0 Å². The maximum atomic E-state index is 3.46. The first-order valence-electron chi connectivity index (χ1n) is 7.70. The highest BCUT2D eigenvalue weighted by molar-refractivity contribution is 5.38. The molecule has 3 rings (SSSR count). The molecule has 0 aromatic heterocycles. The number of hydrogen-bond acceptors (Lipinski definition) is 2. The Hall–Kier alpha value is -0.860. The maximum absolute atomic E-state index is 3.46. The molecular weight excluding hydrogens is 232 g/mol. The van der Waals surface area contributed by atoms with E-state index >= 15 is 0 Å². The summed E-state index contributed by atoms with van der Waals surface area (Å²) in [6, 6.07) is 7.00. The predicted molar refractivity (Wildman–Crippen MR) is 80.8 cm³/mol. The highest BCUT2D eigenvalue weighted by Gasteiger charge is 2.41. The summed E-state index contributed by atoms with van der Waals surface area (Å²) >= 11 is 0. The fourth-order valence-electron chi connectivity index (χ4n) is 3.72. The van der Waals surface area contributed by atoms with Crippen molar-refractivity contribution in [2.75, 3.05) is 32.7 Å². The van der Waals surface area contributed by atoms with Crippen LogP contribution in [0.5, 0.6) is 0 Å². The van der Waals surface area contributed by atoms with Crippen LogP contribution in [0.1, 0.15) is 36.0 Å². The van der Waals surface area contributed by atoms with Crippen LogP contribution in [0.2, 0.25) is 0 Å². The number of nitrogens with zero attached hydrogens (tertiary/aromatic N) is 1. The van der Waals surface area contributed by atoms with E-state index in [2.05, 4.69) is 42.3 Å². The van der Waals surface area contributed by atoms with Crippen LogP contribution in [-0.4, -0.2) is 37.6 Å². The molecule has 1 N–H and O–H groups in total. The summed E-state index contributed by atoms with van der Waals surface area (Å²) in [7, 11) is 0. The van der Waals surface area contributed by atoms with Crippen LogP contribution < -0.4 is 5.32 Å². The van der Waals surface area contributed by atoms with Crippen molar-refractivity contribution in [3.8, 4) is 0 Å². The molecule has 104 valence electrons. The largest absolute Gasteiger partial charge is 0.314 e. The lowest BCUT2D eigenvalue weighted by Gasteiger charge is -2.47. The molecule has 19 heavy (non-hydrogen) atoms. The molecule has 1 heterocycles. The van der Waals surface area contributed by atoms with Gasteiger partial charge < -0.3 is 5.32 Å². The topological polar surface area (TPSA) is 15.3 Å². The molecule has 0 radical (unpaired) electrons. The van der Waals surface area contributed by atoms with Gasteiger partial charge in [-0.3, -0.25) is 4.90 Å².